The van der Waals surface area contributed by atoms with Gasteiger partial charge in [0, 0.05) is 18.3 Å². The smallest absolute Gasteiger partial charge is 0.227 e. The number of fused-ring (bicyclic) bond motifs is 1. The second-order valence-electron chi connectivity index (χ2n) is 9.08. The van der Waals surface area contributed by atoms with Crippen molar-refractivity contribution in [3.05, 3.63) is 36.2 Å². The molecule has 2 aromatic heterocycles. The van der Waals surface area contributed by atoms with Crippen molar-refractivity contribution in [2.45, 2.75) is 77.1 Å². The van der Waals surface area contributed by atoms with E-state index < -0.39 is 5.60 Å². The number of rotatable bonds is 7. The summed E-state index contributed by atoms with van der Waals surface area (Å²) in [5.74, 6) is 1.14. The van der Waals surface area contributed by atoms with Gasteiger partial charge in [-0.25, -0.2) is 4.98 Å². The molecule has 4 rings (SSSR count). The number of nitrogen functional groups attached to an aromatic ring is 1. The van der Waals surface area contributed by atoms with Gasteiger partial charge in [-0.1, -0.05) is 37.5 Å². The van der Waals surface area contributed by atoms with E-state index in [-0.39, 0.29) is 6.04 Å². The molecule has 31 heavy (non-hydrogen) atoms. The molecular formula is C23H33N7O. The normalized spacial score (nSPS) is 16.4. The highest BCUT2D eigenvalue weighted by Gasteiger charge is 2.25. The molecule has 0 aliphatic heterocycles. The van der Waals surface area contributed by atoms with Gasteiger partial charge < -0.3 is 26.0 Å². The summed E-state index contributed by atoms with van der Waals surface area (Å²) in [7, 11) is 0. The van der Waals surface area contributed by atoms with Crippen LogP contribution in [0.1, 0.15) is 64.5 Å². The molecule has 1 aromatic carbocycles. The second kappa shape index (κ2) is 8.70. The Kier molecular flexibility index (Phi) is 6.00. The molecule has 1 aliphatic rings. The average molecular weight is 424 g/mol. The van der Waals surface area contributed by atoms with E-state index in [0.717, 1.165) is 35.3 Å². The summed E-state index contributed by atoms with van der Waals surface area (Å²) in [4.78, 5) is 14.2. The van der Waals surface area contributed by atoms with Crippen LogP contribution in [-0.2, 0) is 6.54 Å². The molecule has 1 atom stereocenters. The monoisotopic (exact) mass is 423 g/mol. The van der Waals surface area contributed by atoms with E-state index in [2.05, 4.69) is 20.2 Å². The van der Waals surface area contributed by atoms with Gasteiger partial charge in [0.1, 0.15) is 0 Å². The van der Waals surface area contributed by atoms with E-state index in [1.54, 1.807) is 13.8 Å². The first kappa shape index (κ1) is 21.4. The standard InChI is InChI=1S/C23H33N7O/c1-15(23(2,3)31)27-22-28-20(25-13-16-9-7-8-12-18(16)24)19-21(29-22)30(14-26-19)17-10-5-4-6-11-17/h7-9,12,14-15,17,31H,4-6,10-11,13,24H2,1-3H3,(H2,25,27,28,29). The number of benzene rings is 1. The molecule has 0 radical (unpaired) electrons. The van der Waals surface area contributed by atoms with Crippen LogP contribution >= 0.6 is 0 Å². The molecule has 0 spiro atoms. The first-order chi connectivity index (χ1) is 14.8. The predicted octanol–water partition coefficient (Wildman–Crippen LogP) is 4.10. The number of aliphatic hydroxyl groups is 1. The first-order valence-corrected chi connectivity index (χ1v) is 11.1. The lowest BCUT2D eigenvalue weighted by atomic mass is 9.95. The third-order valence-electron chi connectivity index (χ3n) is 6.30. The van der Waals surface area contributed by atoms with Gasteiger partial charge in [-0.2, -0.15) is 9.97 Å². The van der Waals surface area contributed by atoms with Crippen LogP contribution < -0.4 is 16.4 Å². The maximum absolute atomic E-state index is 10.4. The van der Waals surface area contributed by atoms with Gasteiger partial charge in [-0.05, 0) is 45.2 Å². The van der Waals surface area contributed by atoms with Crippen molar-refractivity contribution in [3.8, 4) is 0 Å². The lowest BCUT2D eigenvalue weighted by molar-refractivity contribution is 0.0646. The molecular weight excluding hydrogens is 390 g/mol. The fraction of sp³-hybridized carbons (Fsp3) is 0.522. The van der Waals surface area contributed by atoms with Crippen LogP contribution in [0.2, 0.25) is 0 Å². The molecule has 8 nitrogen and oxygen atoms in total. The Morgan fingerprint density at radius 3 is 2.65 bits per heavy atom. The van der Waals surface area contributed by atoms with Crippen LogP contribution in [0, 0.1) is 0 Å². The molecule has 8 heteroatoms. The van der Waals surface area contributed by atoms with Crippen molar-refractivity contribution in [3.63, 3.8) is 0 Å². The summed E-state index contributed by atoms with van der Waals surface area (Å²) in [5.41, 5.74) is 8.51. The minimum Gasteiger partial charge on any atom is -0.398 e. The maximum atomic E-state index is 10.4. The fourth-order valence-electron chi connectivity index (χ4n) is 3.98. The van der Waals surface area contributed by atoms with E-state index in [0.29, 0.717) is 24.4 Å². The van der Waals surface area contributed by atoms with E-state index in [9.17, 15) is 5.11 Å². The first-order valence-electron chi connectivity index (χ1n) is 11.1. The summed E-state index contributed by atoms with van der Waals surface area (Å²) in [6.45, 7) is 6.00. The second-order valence-corrected chi connectivity index (χ2v) is 9.08. The van der Waals surface area contributed by atoms with Gasteiger partial charge in [0.15, 0.2) is 17.0 Å². The van der Waals surface area contributed by atoms with E-state index >= 15 is 0 Å². The number of nitrogens with two attached hydrogens (primary N) is 1. The Balaban J connectivity index is 1.70. The molecule has 5 N–H and O–H groups in total. The topological polar surface area (TPSA) is 114 Å². The molecule has 166 valence electrons. The molecule has 0 amide bonds. The summed E-state index contributed by atoms with van der Waals surface area (Å²) in [6.07, 6.45) is 7.92. The molecule has 2 heterocycles. The highest BCUT2D eigenvalue weighted by atomic mass is 16.3. The van der Waals surface area contributed by atoms with Crippen molar-refractivity contribution in [2.24, 2.45) is 0 Å². The molecule has 0 bridgehead atoms. The van der Waals surface area contributed by atoms with Crippen LogP contribution in [0.3, 0.4) is 0 Å². The number of nitrogens with zero attached hydrogens (tertiary/aromatic N) is 4. The van der Waals surface area contributed by atoms with E-state index in [4.69, 9.17) is 15.7 Å². The Bertz CT molecular complexity index is 1030. The third kappa shape index (κ3) is 4.74. The zero-order valence-electron chi connectivity index (χ0n) is 18.6. The van der Waals surface area contributed by atoms with Crippen LogP contribution in [0.15, 0.2) is 30.6 Å². The molecule has 1 saturated carbocycles. The van der Waals surface area contributed by atoms with E-state index in [1.165, 1.54) is 19.3 Å². The Labute approximate surface area is 183 Å². The lowest BCUT2D eigenvalue weighted by Gasteiger charge is -2.27. The van der Waals surface area contributed by atoms with Gasteiger partial charge in [0.25, 0.3) is 0 Å². The van der Waals surface area contributed by atoms with Crippen LogP contribution in [0.25, 0.3) is 11.2 Å². The summed E-state index contributed by atoms with van der Waals surface area (Å²) in [6, 6.07) is 7.96. The third-order valence-corrected chi connectivity index (χ3v) is 6.30. The number of anilines is 3. The van der Waals surface area contributed by atoms with Crippen LogP contribution in [-0.4, -0.2) is 36.3 Å². The van der Waals surface area contributed by atoms with Crippen molar-refractivity contribution in [1.82, 2.24) is 19.5 Å². The number of hydrogen-bond donors (Lipinski definition) is 4. The van der Waals surface area contributed by atoms with Crippen LogP contribution in [0.5, 0.6) is 0 Å². The maximum Gasteiger partial charge on any atom is 0.227 e. The SMILES string of the molecule is CC(Nc1nc(NCc2ccccc2N)c2ncn(C3CCCCC3)c2n1)C(C)(C)O. The lowest BCUT2D eigenvalue weighted by Crippen LogP contribution is -2.39. The number of para-hydroxylation sites is 1. The molecule has 1 unspecified atom stereocenters. The average Bonchev–Trinajstić information content (AvgIpc) is 3.17. The quantitative estimate of drug-likeness (QED) is 0.423. The largest absolute Gasteiger partial charge is 0.398 e. The zero-order chi connectivity index (χ0) is 22.0. The van der Waals surface area contributed by atoms with Gasteiger partial charge >= 0.3 is 0 Å². The highest BCUT2D eigenvalue weighted by Crippen LogP contribution is 2.32. The van der Waals surface area contributed by atoms with Gasteiger partial charge in [0.05, 0.1) is 18.0 Å². The molecule has 1 aliphatic carbocycles. The van der Waals surface area contributed by atoms with Gasteiger partial charge in [-0.15, -0.1) is 0 Å². The van der Waals surface area contributed by atoms with Gasteiger partial charge in [-0.3, -0.25) is 0 Å². The summed E-state index contributed by atoms with van der Waals surface area (Å²) < 4.78 is 2.19. The molecule has 1 fully saturated rings. The van der Waals surface area contributed by atoms with E-state index in [1.807, 2.05) is 37.5 Å². The summed E-state index contributed by atoms with van der Waals surface area (Å²) in [5, 5.41) is 17.0. The number of aromatic nitrogens is 4. The minimum absolute atomic E-state index is 0.228. The van der Waals surface area contributed by atoms with Crippen molar-refractivity contribution in [1.29, 1.82) is 0 Å². The van der Waals surface area contributed by atoms with Crippen molar-refractivity contribution >= 4 is 28.6 Å². The Morgan fingerprint density at radius 1 is 1.19 bits per heavy atom. The van der Waals surface area contributed by atoms with Crippen molar-refractivity contribution < 1.29 is 5.11 Å². The number of nitrogens with one attached hydrogen (secondary N) is 2. The predicted molar refractivity (Wildman–Crippen MR) is 125 cm³/mol. The highest BCUT2D eigenvalue weighted by molar-refractivity contribution is 5.84. The molecule has 3 aromatic rings. The van der Waals surface area contributed by atoms with Crippen molar-refractivity contribution in [2.75, 3.05) is 16.4 Å². The molecule has 0 saturated heterocycles. The zero-order valence-corrected chi connectivity index (χ0v) is 18.6. The van der Waals surface area contributed by atoms with Crippen LogP contribution in [0.4, 0.5) is 17.5 Å². The Hall–Kier alpha value is -2.87. The Morgan fingerprint density at radius 2 is 1.94 bits per heavy atom. The number of hydrogen-bond acceptors (Lipinski definition) is 7. The van der Waals surface area contributed by atoms with Gasteiger partial charge in [0.2, 0.25) is 5.95 Å². The fourth-order valence-corrected chi connectivity index (χ4v) is 3.98. The summed E-state index contributed by atoms with van der Waals surface area (Å²) >= 11 is 0. The minimum atomic E-state index is -0.909. The number of imidazole rings is 1.